The molecule has 122 valence electrons. The highest BCUT2D eigenvalue weighted by atomic mass is 35.5. The Bertz CT molecular complexity index is 1030. The molecule has 0 bridgehead atoms. The number of benzene rings is 3. The molecule has 3 aromatic rings. The molecule has 4 heteroatoms. The standard InChI is InChI=1S/C21H15ClN2O/c1-14-9-10-18(22)12-20(14)24-21(25)17(13-23)11-16-7-4-6-15-5-2-3-8-19(15)16/h2-12H,1H3,(H,24,25)/b17-11+. The fourth-order valence-electron chi connectivity index (χ4n) is 2.60. The molecule has 0 saturated carbocycles. The van der Waals surface area contributed by atoms with E-state index in [-0.39, 0.29) is 5.57 Å². The second-order valence-electron chi connectivity index (χ2n) is 5.65. The van der Waals surface area contributed by atoms with Gasteiger partial charge in [-0.15, -0.1) is 0 Å². The summed E-state index contributed by atoms with van der Waals surface area (Å²) in [5, 5.41) is 14.8. The average molecular weight is 347 g/mol. The Balaban J connectivity index is 1.96. The van der Waals surface area contributed by atoms with E-state index in [4.69, 9.17) is 11.6 Å². The van der Waals surface area contributed by atoms with Crippen LogP contribution in [0.1, 0.15) is 11.1 Å². The van der Waals surface area contributed by atoms with E-state index in [9.17, 15) is 10.1 Å². The first-order valence-corrected chi connectivity index (χ1v) is 8.13. The van der Waals surface area contributed by atoms with Crippen LogP contribution in [0.2, 0.25) is 5.02 Å². The zero-order valence-corrected chi connectivity index (χ0v) is 14.3. The predicted octanol–water partition coefficient (Wildman–Crippen LogP) is 5.35. The average Bonchev–Trinajstić information content (AvgIpc) is 2.62. The Hall–Kier alpha value is -3.09. The largest absolute Gasteiger partial charge is 0.321 e. The van der Waals surface area contributed by atoms with Gasteiger partial charge in [-0.3, -0.25) is 4.79 Å². The van der Waals surface area contributed by atoms with Gasteiger partial charge >= 0.3 is 0 Å². The van der Waals surface area contributed by atoms with Crippen LogP contribution in [0.15, 0.2) is 66.2 Å². The molecule has 25 heavy (non-hydrogen) atoms. The molecule has 0 radical (unpaired) electrons. The number of aryl methyl sites for hydroxylation is 1. The van der Waals surface area contributed by atoms with Gasteiger partial charge in [0.15, 0.2) is 0 Å². The van der Waals surface area contributed by atoms with E-state index < -0.39 is 5.91 Å². The number of amides is 1. The Morgan fingerprint density at radius 2 is 1.88 bits per heavy atom. The molecule has 0 aliphatic carbocycles. The lowest BCUT2D eigenvalue weighted by Crippen LogP contribution is -2.14. The van der Waals surface area contributed by atoms with Crippen LogP contribution < -0.4 is 5.32 Å². The van der Waals surface area contributed by atoms with E-state index in [1.807, 2.05) is 61.5 Å². The summed E-state index contributed by atoms with van der Waals surface area (Å²) in [6.07, 6.45) is 1.61. The van der Waals surface area contributed by atoms with Crippen LogP contribution >= 0.6 is 11.6 Å². The molecular weight excluding hydrogens is 332 g/mol. The first kappa shape index (κ1) is 16.8. The molecule has 1 N–H and O–H groups in total. The van der Waals surface area contributed by atoms with Gasteiger partial charge in [0.2, 0.25) is 0 Å². The van der Waals surface area contributed by atoms with Crippen molar-refractivity contribution in [1.29, 1.82) is 5.26 Å². The number of fused-ring (bicyclic) bond motifs is 1. The summed E-state index contributed by atoms with van der Waals surface area (Å²) >= 11 is 5.98. The number of hydrogen-bond donors (Lipinski definition) is 1. The van der Waals surface area contributed by atoms with Crippen molar-refractivity contribution in [3.05, 3.63) is 82.4 Å². The lowest BCUT2D eigenvalue weighted by Gasteiger charge is -2.08. The Kier molecular flexibility index (Phi) is 4.83. The normalized spacial score (nSPS) is 11.2. The predicted molar refractivity (Wildman–Crippen MR) is 102 cm³/mol. The Morgan fingerprint density at radius 1 is 1.12 bits per heavy atom. The molecule has 1 amide bonds. The molecule has 0 heterocycles. The van der Waals surface area contributed by atoms with Crippen LogP contribution in [0.5, 0.6) is 0 Å². The summed E-state index contributed by atoms with van der Waals surface area (Å²) in [7, 11) is 0. The SMILES string of the molecule is Cc1ccc(Cl)cc1NC(=O)/C(C#N)=C/c1cccc2ccccc12. The minimum Gasteiger partial charge on any atom is -0.321 e. The van der Waals surface area contributed by atoms with Crippen molar-refractivity contribution in [3.8, 4) is 6.07 Å². The van der Waals surface area contributed by atoms with Crippen molar-refractivity contribution >= 4 is 40.0 Å². The van der Waals surface area contributed by atoms with Gasteiger partial charge < -0.3 is 5.32 Å². The molecule has 0 saturated heterocycles. The molecule has 3 nitrogen and oxygen atoms in total. The van der Waals surface area contributed by atoms with Crippen LogP contribution in [-0.4, -0.2) is 5.91 Å². The first-order valence-electron chi connectivity index (χ1n) is 7.75. The van der Waals surface area contributed by atoms with E-state index in [0.717, 1.165) is 21.9 Å². The summed E-state index contributed by atoms with van der Waals surface area (Å²) in [5.74, 6) is -0.458. The van der Waals surface area contributed by atoms with E-state index in [2.05, 4.69) is 5.32 Å². The second kappa shape index (κ2) is 7.21. The number of carbonyl (C=O) groups is 1. The third kappa shape index (κ3) is 3.71. The highest BCUT2D eigenvalue weighted by Crippen LogP contribution is 2.23. The number of anilines is 1. The van der Waals surface area contributed by atoms with E-state index >= 15 is 0 Å². The third-order valence-corrected chi connectivity index (χ3v) is 4.17. The topological polar surface area (TPSA) is 52.9 Å². The fraction of sp³-hybridized carbons (Fsp3) is 0.0476. The van der Waals surface area contributed by atoms with Gasteiger partial charge in [-0.2, -0.15) is 5.26 Å². The first-order chi connectivity index (χ1) is 12.1. The Morgan fingerprint density at radius 3 is 2.68 bits per heavy atom. The molecule has 0 aliphatic rings. The maximum absolute atomic E-state index is 12.5. The highest BCUT2D eigenvalue weighted by molar-refractivity contribution is 6.31. The quantitative estimate of drug-likeness (QED) is 0.513. The molecule has 0 spiro atoms. The van der Waals surface area contributed by atoms with E-state index in [1.54, 1.807) is 18.2 Å². The monoisotopic (exact) mass is 346 g/mol. The minimum atomic E-state index is -0.458. The van der Waals surface area contributed by atoms with E-state index in [0.29, 0.717) is 10.7 Å². The smallest absolute Gasteiger partial charge is 0.266 e. The second-order valence-corrected chi connectivity index (χ2v) is 6.09. The highest BCUT2D eigenvalue weighted by Gasteiger charge is 2.12. The van der Waals surface area contributed by atoms with Crippen LogP contribution in [-0.2, 0) is 4.79 Å². The van der Waals surface area contributed by atoms with Gasteiger partial charge in [0.25, 0.3) is 5.91 Å². The molecule has 3 rings (SSSR count). The van der Waals surface area contributed by atoms with Gasteiger partial charge in [-0.05, 0) is 47.0 Å². The number of nitrogens with one attached hydrogen (secondary N) is 1. The molecule has 0 aromatic heterocycles. The number of halogens is 1. The molecule has 3 aromatic carbocycles. The van der Waals surface area contributed by atoms with Crippen molar-refractivity contribution in [2.45, 2.75) is 6.92 Å². The van der Waals surface area contributed by atoms with Crippen LogP contribution in [0.4, 0.5) is 5.69 Å². The number of carbonyl (C=O) groups excluding carboxylic acids is 1. The minimum absolute atomic E-state index is 0.0377. The van der Waals surface area contributed by atoms with Crippen LogP contribution in [0.25, 0.3) is 16.8 Å². The maximum Gasteiger partial charge on any atom is 0.266 e. The van der Waals surface area contributed by atoms with Crippen LogP contribution in [0, 0.1) is 18.3 Å². The van der Waals surface area contributed by atoms with Crippen molar-refractivity contribution in [3.63, 3.8) is 0 Å². The van der Waals surface area contributed by atoms with Gasteiger partial charge in [-0.1, -0.05) is 60.1 Å². The zero-order valence-electron chi connectivity index (χ0n) is 13.6. The summed E-state index contributed by atoms with van der Waals surface area (Å²) < 4.78 is 0. The van der Waals surface area contributed by atoms with Gasteiger partial charge in [0.1, 0.15) is 11.6 Å². The van der Waals surface area contributed by atoms with Gasteiger partial charge in [-0.25, -0.2) is 0 Å². The number of rotatable bonds is 3. The van der Waals surface area contributed by atoms with Crippen molar-refractivity contribution in [2.75, 3.05) is 5.32 Å². The maximum atomic E-state index is 12.5. The number of hydrogen-bond acceptors (Lipinski definition) is 2. The summed E-state index contributed by atoms with van der Waals surface area (Å²) in [6.45, 7) is 1.87. The summed E-state index contributed by atoms with van der Waals surface area (Å²) in [6, 6.07) is 20.9. The molecular formula is C21H15ClN2O. The zero-order chi connectivity index (χ0) is 17.8. The summed E-state index contributed by atoms with van der Waals surface area (Å²) in [4.78, 5) is 12.5. The Labute approximate surface area is 151 Å². The van der Waals surface area contributed by atoms with Crippen molar-refractivity contribution in [2.24, 2.45) is 0 Å². The third-order valence-electron chi connectivity index (χ3n) is 3.94. The van der Waals surface area contributed by atoms with Crippen LogP contribution in [0.3, 0.4) is 0 Å². The molecule has 0 aliphatic heterocycles. The van der Waals surface area contributed by atoms with Gasteiger partial charge in [0.05, 0.1) is 0 Å². The lowest BCUT2D eigenvalue weighted by molar-refractivity contribution is -0.112. The summed E-state index contributed by atoms with van der Waals surface area (Å²) in [5.41, 5.74) is 2.33. The van der Waals surface area contributed by atoms with E-state index in [1.165, 1.54) is 0 Å². The lowest BCUT2D eigenvalue weighted by atomic mass is 10.0. The number of nitrogens with zero attached hydrogens (tertiary/aromatic N) is 1. The van der Waals surface area contributed by atoms with Gasteiger partial charge in [0, 0.05) is 10.7 Å². The molecule has 0 atom stereocenters. The number of nitriles is 1. The van der Waals surface area contributed by atoms with Crippen molar-refractivity contribution < 1.29 is 4.79 Å². The van der Waals surface area contributed by atoms with Crippen molar-refractivity contribution in [1.82, 2.24) is 0 Å². The molecule has 0 unspecified atom stereocenters. The fourth-order valence-corrected chi connectivity index (χ4v) is 2.77. The molecule has 0 fully saturated rings.